The number of carboxylic acids is 2. The molecule has 3 aromatic rings. The highest BCUT2D eigenvalue weighted by Crippen LogP contribution is 2.16. The third-order valence-electron chi connectivity index (χ3n) is 7.28. The lowest BCUT2D eigenvalue weighted by atomic mass is 10.0. The first kappa shape index (κ1) is 33.3. The molecule has 43 heavy (non-hydrogen) atoms. The molecule has 0 saturated carbocycles. The van der Waals surface area contributed by atoms with E-state index >= 15 is 0 Å². The Bertz CT molecular complexity index is 1460. The molecular formula is C35H41NO7. The van der Waals surface area contributed by atoms with Crippen molar-refractivity contribution in [3.63, 3.8) is 0 Å². The Kier molecular flexibility index (Phi) is 13.2. The van der Waals surface area contributed by atoms with Gasteiger partial charge in [0, 0.05) is 32.2 Å². The number of carboxylic acid groups (broad SMARTS) is 2. The van der Waals surface area contributed by atoms with Gasteiger partial charge in [-0.2, -0.15) is 0 Å². The van der Waals surface area contributed by atoms with Crippen LogP contribution < -0.4 is 0 Å². The highest BCUT2D eigenvalue weighted by atomic mass is 16.6. The number of benzene rings is 3. The molecule has 0 saturated heterocycles. The summed E-state index contributed by atoms with van der Waals surface area (Å²) in [6.45, 7) is 3.79. The van der Waals surface area contributed by atoms with Crippen LogP contribution in [0.2, 0.25) is 0 Å². The number of hydrogen-bond donors (Lipinski definition) is 2. The number of rotatable bonds is 16. The van der Waals surface area contributed by atoms with Gasteiger partial charge in [-0.15, -0.1) is 0 Å². The number of fused-ring (bicyclic) bond motifs is 1. The van der Waals surface area contributed by atoms with Gasteiger partial charge >= 0.3 is 11.9 Å². The monoisotopic (exact) mass is 587 g/mol. The van der Waals surface area contributed by atoms with Crippen molar-refractivity contribution < 1.29 is 34.1 Å². The number of carbonyl (C=O) groups excluding carboxylic acids is 1. The standard InChI is InChI=1S/C35H41NO7/c1-25-16-17-27(22-26(25)2)12-7-5-11-21-42-32(33(35(40)41)43-24-31(37)38)34(39)36(3)20-10-4-6-13-28-18-19-29-14-8-9-15-30(29)23-28/h8-9,14-19,22-23,32-33H,4-5,7,10-12,20-21,24H2,1-3H3,(H,37,38)(H,40,41). The van der Waals surface area contributed by atoms with Crippen LogP contribution in [0.5, 0.6) is 0 Å². The van der Waals surface area contributed by atoms with Crippen LogP contribution in [0.25, 0.3) is 10.8 Å². The Hall–Kier alpha value is -4.19. The zero-order valence-electron chi connectivity index (χ0n) is 25.2. The minimum absolute atomic E-state index is 0.147. The molecule has 0 bridgehead atoms. The van der Waals surface area contributed by atoms with Gasteiger partial charge in [0.05, 0.1) is 0 Å². The Balaban J connectivity index is 1.52. The summed E-state index contributed by atoms with van der Waals surface area (Å²) in [6, 6.07) is 20.5. The highest BCUT2D eigenvalue weighted by Gasteiger charge is 2.37. The summed E-state index contributed by atoms with van der Waals surface area (Å²) in [5.74, 6) is 2.92. The minimum atomic E-state index is -1.74. The van der Waals surface area contributed by atoms with Crippen LogP contribution in [-0.2, 0) is 30.3 Å². The number of hydrogen-bond acceptors (Lipinski definition) is 5. The molecule has 228 valence electrons. The lowest BCUT2D eigenvalue weighted by Crippen LogP contribution is -2.50. The van der Waals surface area contributed by atoms with Gasteiger partial charge in [-0.25, -0.2) is 9.59 Å². The van der Waals surface area contributed by atoms with E-state index in [9.17, 15) is 19.5 Å². The molecule has 2 unspecified atom stereocenters. The Labute approximate surface area is 253 Å². The normalized spacial score (nSPS) is 12.3. The molecule has 3 aromatic carbocycles. The molecule has 3 rings (SSSR count). The quantitative estimate of drug-likeness (QED) is 0.170. The Morgan fingerprint density at radius 3 is 2.33 bits per heavy atom. The number of nitrogens with zero attached hydrogens (tertiary/aromatic N) is 1. The number of carbonyl (C=O) groups is 3. The number of aryl methyl sites for hydroxylation is 3. The van der Waals surface area contributed by atoms with Crippen LogP contribution in [0.1, 0.15) is 54.4 Å². The SMILES string of the molecule is Cc1ccc(CCCCCOC(C(=O)N(C)CCCC#Cc2ccc3ccccc3c2)C(OCC(=O)O)C(=O)O)cc1C. The molecule has 0 radical (unpaired) electrons. The van der Waals surface area contributed by atoms with E-state index < -0.39 is 36.7 Å². The van der Waals surface area contributed by atoms with Crippen LogP contribution >= 0.6 is 0 Å². The summed E-state index contributed by atoms with van der Waals surface area (Å²) in [4.78, 5) is 37.7. The fraction of sp³-hybridized carbons (Fsp3) is 0.400. The summed E-state index contributed by atoms with van der Waals surface area (Å²) in [6.07, 6.45) is 1.18. The van der Waals surface area contributed by atoms with Crippen LogP contribution in [-0.4, -0.2) is 72.0 Å². The first-order valence-corrected chi connectivity index (χ1v) is 14.6. The third-order valence-corrected chi connectivity index (χ3v) is 7.28. The summed E-state index contributed by atoms with van der Waals surface area (Å²) in [5.41, 5.74) is 4.67. The zero-order chi connectivity index (χ0) is 31.2. The van der Waals surface area contributed by atoms with Crippen LogP contribution in [0.15, 0.2) is 60.7 Å². The van der Waals surface area contributed by atoms with E-state index in [2.05, 4.69) is 43.9 Å². The molecule has 0 aliphatic carbocycles. The van der Waals surface area contributed by atoms with Crippen molar-refractivity contribution in [1.82, 2.24) is 4.90 Å². The smallest absolute Gasteiger partial charge is 0.336 e. The summed E-state index contributed by atoms with van der Waals surface area (Å²) in [7, 11) is 1.56. The fourth-order valence-corrected chi connectivity index (χ4v) is 4.68. The maximum atomic E-state index is 13.3. The number of likely N-dealkylation sites (N-methyl/N-ethyl adjacent to an activating group) is 1. The largest absolute Gasteiger partial charge is 0.480 e. The topological polar surface area (TPSA) is 113 Å². The van der Waals surface area contributed by atoms with E-state index in [-0.39, 0.29) is 6.61 Å². The second-order valence-electron chi connectivity index (χ2n) is 10.7. The molecule has 0 heterocycles. The molecule has 8 heteroatoms. The van der Waals surface area contributed by atoms with Crippen molar-refractivity contribution in [2.75, 3.05) is 26.8 Å². The van der Waals surface area contributed by atoms with E-state index in [1.54, 1.807) is 7.05 Å². The summed E-state index contributed by atoms with van der Waals surface area (Å²) >= 11 is 0. The first-order valence-electron chi connectivity index (χ1n) is 14.6. The molecule has 0 aromatic heterocycles. The molecular weight excluding hydrogens is 546 g/mol. The van der Waals surface area contributed by atoms with Gasteiger partial charge in [-0.05, 0) is 79.1 Å². The van der Waals surface area contributed by atoms with Gasteiger partial charge in [0.25, 0.3) is 5.91 Å². The van der Waals surface area contributed by atoms with Crippen molar-refractivity contribution in [3.05, 3.63) is 82.9 Å². The average molecular weight is 588 g/mol. The second-order valence-corrected chi connectivity index (χ2v) is 10.7. The second kappa shape index (κ2) is 17.1. The van der Waals surface area contributed by atoms with Gasteiger partial charge in [-0.3, -0.25) is 4.79 Å². The van der Waals surface area contributed by atoms with Crippen LogP contribution in [0, 0.1) is 25.7 Å². The number of unbranched alkanes of at least 4 members (excludes halogenated alkanes) is 3. The Morgan fingerprint density at radius 1 is 0.837 bits per heavy atom. The molecule has 0 fully saturated rings. The minimum Gasteiger partial charge on any atom is -0.480 e. The lowest BCUT2D eigenvalue weighted by Gasteiger charge is -2.27. The van der Waals surface area contributed by atoms with E-state index in [0.29, 0.717) is 25.8 Å². The fourth-order valence-electron chi connectivity index (χ4n) is 4.68. The maximum Gasteiger partial charge on any atom is 0.336 e. The van der Waals surface area contributed by atoms with Crippen LogP contribution in [0.3, 0.4) is 0 Å². The summed E-state index contributed by atoms with van der Waals surface area (Å²) < 4.78 is 10.9. The van der Waals surface area contributed by atoms with Crippen molar-refractivity contribution in [3.8, 4) is 11.8 Å². The molecule has 2 N–H and O–H groups in total. The third kappa shape index (κ3) is 10.9. The van der Waals surface area contributed by atoms with Crippen molar-refractivity contribution in [2.24, 2.45) is 0 Å². The summed E-state index contributed by atoms with van der Waals surface area (Å²) in [5, 5.41) is 21.0. The van der Waals surface area contributed by atoms with Gasteiger partial charge in [0.1, 0.15) is 6.61 Å². The van der Waals surface area contributed by atoms with Crippen molar-refractivity contribution in [2.45, 2.75) is 64.6 Å². The highest BCUT2D eigenvalue weighted by molar-refractivity contribution is 5.88. The molecule has 1 amide bonds. The average Bonchev–Trinajstić information content (AvgIpc) is 2.98. The van der Waals surface area contributed by atoms with Gasteiger partial charge in [-0.1, -0.05) is 66.8 Å². The molecule has 2 atom stereocenters. The van der Waals surface area contributed by atoms with E-state index in [1.165, 1.54) is 21.6 Å². The van der Waals surface area contributed by atoms with Gasteiger partial charge in [0.2, 0.25) is 0 Å². The van der Waals surface area contributed by atoms with Crippen molar-refractivity contribution >= 4 is 28.6 Å². The first-order chi connectivity index (χ1) is 20.7. The van der Waals surface area contributed by atoms with E-state index in [0.717, 1.165) is 35.6 Å². The molecule has 0 spiro atoms. The predicted octanol–water partition coefficient (Wildman–Crippen LogP) is 5.40. The van der Waals surface area contributed by atoms with Gasteiger partial charge < -0.3 is 24.6 Å². The van der Waals surface area contributed by atoms with Crippen molar-refractivity contribution in [1.29, 1.82) is 0 Å². The number of ether oxygens (including phenoxy) is 2. The molecule has 0 aliphatic heterocycles. The number of aliphatic carboxylic acids is 2. The maximum absolute atomic E-state index is 13.3. The van der Waals surface area contributed by atoms with E-state index in [4.69, 9.17) is 14.6 Å². The number of amides is 1. The predicted molar refractivity (Wildman–Crippen MR) is 166 cm³/mol. The Morgan fingerprint density at radius 2 is 1.60 bits per heavy atom. The molecule has 0 aliphatic rings. The lowest BCUT2D eigenvalue weighted by molar-refractivity contribution is -0.175. The van der Waals surface area contributed by atoms with Crippen LogP contribution in [0.4, 0.5) is 0 Å². The van der Waals surface area contributed by atoms with Gasteiger partial charge in [0.15, 0.2) is 12.2 Å². The van der Waals surface area contributed by atoms with E-state index in [1.807, 2.05) is 42.5 Å². The zero-order valence-corrected chi connectivity index (χ0v) is 25.2. The molecule has 8 nitrogen and oxygen atoms in total.